The maximum atomic E-state index is 9.66. The van der Waals surface area contributed by atoms with E-state index in [4.69, 9.17) is 0 Å². The number of phenols is 1. The van der Waals surface area contributed by atoms with Gasteiger partial charge in [-0.15, -0.1) is 6.58 Å². The highest BCUT2D eigenvalue weighted by Gasteiger charge is 2.02. The molecule has 0 bridgehead atoms. The normalized spacial score (nSPS) is 10.3. The van der Waals surface area contributed by atoms with E-state index < -0.39 is 0 Å². The average Bonchev–Trinajstić information content (AvgIpc) is 2.19. The van der Waals surface area contributed by atoms with Crippen molar-refractivity contribution in [3.8, 4) is 5.75 Å². The summed E-state index contributed by atoms with van der Waals surface area (Å²) in [5.41, 5.74) is 1.77. The van der Waals surface area contributed by atoms with Gasteiger partial charge in [-0.25, -0.2) is 0 Å². The number of aromatic hydroxyl groups is 1. The molecular weight excluding hydrogens is 174 g/mol. The number of aromatic nitrogens is 1. The zero-order valence-corrected chi connectivity index (χ0v) is 7.77. The van der Waals surface area contributed by atoms with Crippen molar-refractivity contribution in [2.24, 2.45) is 0 Å². The molecule has 70 valence electrons. The molecule has 0 aliphatic carbocycles. The summed E-state index contributed by atoms with van der Waals surface area (Å²) in [6.07, 6.45) is 4.18. The van der Waals surface area contributed by atoms with Crippen LogP contribution < -0.4 is 0 Å². The van der Waals surface area contributed by atoms with Crippen LogP contribution in [0.4, 0.5) is 0 Å². The molecule has 0 radical (unpaired) electrons. The minimum atomic E-state index is 0.311. The van der Waals surface area contributed by atoms with Crippen LogP contribution in [0.25, 0.3) is 10.9 Å². The van der Waals surface area contributed by atoms with Crippen molar-refractivity contribution in [3.63, 3.8) is 0 Å². The number of benzene rings is 1. The van der Waals surface area contributed by atoms with E-state index >= 15 is 0 Å². The van der Waals surface area contributed by atoms with Gasteiger partial charge in [-0.2, -0.15) is 0 Å². The summed E-state index contributed by atoms with van der Waals surface area (Å²) in [6, 6.07) is 7.42. The third-order valence-corrected chi connectivity index (χ3v) is 2.17. The van der Waals surface area contributed by atoms with Crippen LogP contribution in [-0.2, 0) is 6.42 Å². The maximum Gasteiger partial charge on any atom is 0.119 e. The van der Waals surface area contributed by atoms with Crippen LogP contribution in [0.2, 0.25) is 0 Å². The van der Waals surface area contributed by atoms with Crippen molar-refractivity contribution < 1.29 is 5.11 Å². The fourth-order valence-corrected chi connectivity index (χ4v) is 1.47. The largest absolute Gasteiger partial charge is 0.508 e. The van der Waals surface area contributed by atoms with Gasteiger partial charge in [0.05, 0.1) is 5.52 Å². The molecule has 0 saturated heterocycles. The monoisotopic (exact) mass is 185 g/mol. The Balaban J connectivity index is 2.64. The lowest BCUT2D eigenvalue weighted by Crippen LogP contribution is -1.85. The minimum Gasteiger partial charge on any atom is -0.508 e. The van der Waals surface area contributed by atoms with Gasteiger partial charge in [-0.1, -0.05) is 12.1 Å². The lowest BCUT2D eigenvalue weighted by Gasteiger charge is -2.03. The molecule has 2 rings (SSSR count). The number of hydrogen-bond acceptors (Lipinski definition) is 2. The zero-order chi connectivity index (χ0) is 9.97. The summed E-state index contributed by atoms with van der Waals surface area (Å²) in [5.74, 6) is 0.311. The second-order valence-corrected chi connectivity index (χ2v) is 3.17. The summed E-state index contributed by atoms with van der Waals surface area (Å²) in [5, 5.41) is 10.6. The van der Waals surface area contributed by atoms with Crippen molar-refractivity contribution in [1.82, 2.24) is 4.98 Å². The summed E-state index contributed by atoms with van der Waals surface area (Å²) < 4.78 is 0. The second-order valence-electron chi connectivity index (χ2n) is 3.17. The third-order valence-electron chi connectivity index (χ3n) is 2.17. The summed E-state index contributed by atoms with van der Waals surface area (Å²) in [7, 11) is 0. The Labute approximate surface area is 82.5 Å². The SMILES string of the molecule is C=CCc1cc2ncccc2cc1O. The van der Waals surface area contributed by atoms with Crippen LogP contribution in [-0.4, -0.2) is 10.1 Å². The number of nitrogens with zero attached hydrogens (tertiary/aromatic N) is 1. The molecule has 0 unspecified atom stereocenters. The predicted molar refractivity (Wildman–Crippen MR) is 57.3 cm³/mol. The summed E-state index contributed by atoms with van der Waals surface area (Å²) in [6.45, 7) is 3.65. The fourth-order valence-electron chi connectivity index (χ4n) is 1.47. The molecule has 2 aromatic rings. The fraction of sp³-hybridized carbons (Fsp3) is 0.0833. The quantitative estimate of drug-likeness (QED) is 0.729. The van der Waals surface area contributed by atoms with Gasteiger partial charge in [-0.05, 0) is 30.2 Å². The second kappa shape index (κ2) is 3.50. The topological polar surface area (TPSA) is 33.1 Å². The number of pyridine rings is 1. The highest BCUT2D eigenvalue weighted by Crippen LogP contribution is 2.23. The Morgan fingerprint density at radius 3 is 3.07 bits per heavy atom. The Kier molecular flexibility index (Phi) is 2.19. The Hall–Kier alpha value is -1.83. The molecule has 1 heterocycles. The van der Waals surface area contributed by atoms with E-state index in [1.807, 2.05) is 18.2 Å². The summed E-state index contributed by atoms with van der Waals surface area (Å²) >= 11 is 0. The maximum absolute atomic E-state index is 9.66. The molecule has 14 heavy (non-hydrogen) atoms. The van der Waals surface area contributed by atoms with Gasteiger partial charge in [0.1, 0.15) is 5.75 Å². The summed E-state index contributed by atoms with van der Waals surface area (Å²) in [4.78, 5) is 4.22. The van der Waals surface area contributed by atoms with Gasteiger partial charge >= 0.3 is 0 Å². The van der Waals surface area contributed by atoms with Crippen LogP contribution in [0, 0.1) is 0 Å². The van der Waals surface area contributed by atoms with E-state index in [0.29, 0.717) is 12.2 Å². The zero-order valence-electron chi connectivity index (χ0n) is 7.77. The third kappa shape index (κ3) is 1.46. The van der Waals surface area contributed by atoms with Crippen molar-refractivity contribution in [1.29, 1.82) is 0 Å². The van der Waals surface area contributed by atoms with E-state index in [-0.39, 0.29) is 0 Å². The first kappa shape index (κ1) is 8.75. The van der Waals surface area contributed by atoms with Crippen LogP contribution in [0.3, 0.4) is 0 Å². The van der Waals surface area contributed by atoms with Crippen LogP contribution in [0.5, 0.6) is 5.75 Å². The standard InChI is InChI=1S/C12H11NO/c1-2-4-10-7-11-9(8-12(10)14)5-3-6-13-11/h2-3,5-8,14H,1,4H2. The lowest BCUT2D eigenvalue weighted by molar-refractivity contribution is 0.470. The van der Waals surface area contributed by atoms with E-state index in [0.717, 1.165) is 16.5 Å². The smallest absolute Gasteiger partial charge is 0.119 e. The molecule has 0 aliphatic rings. The first-order chi connectivity index (χ1) is 6.81. The first-order valence-corrected chi connectivity index (χ1v) is 4.49. The van der Waals surface area contributed by atoms with Crippen molar-refractivity contribution in [3.05, 3.63) is 48.7 Å². The molecule has 2 heteroatoms. The molecule has 1 aromatic carbocycles. The van der Waals surface area contributed by atoms with Crippen LogP contribution >= 0.6 is 0 Å². The van der Waals surface area contributed by atoms with Crippen LogP contribution in [0.1, 0.15) is 5.56 Å². The van der Waals surface area contributed by atoms with Crippen molar-refractivity contribution >= 4 is 10.9 Å². The first-order valence-electron chi connectivity index (χ1n) is 4.49. The molecule has 0 atom stereocenters. The highest BCUT2D eigenvalue weighted by atomic mass is 16.3. The molecule has 2 nitrogen and oxygen atoms in total. The molecule has 0 saturated carbocycles. The molecule has 1 aromatic heterocycles. The van der Waals surface area contributed by atoms with Gasteiger partial charge in [0.15, 0.2) is 0 Å². The average molecular weight is 185 g/mol. The van der Waals surface area contributed by atoms with Gasteiger partial charge < -0.3 is 5.11 Å². The van der Waals surface area contributed by atoms with Gasteiger partial charge in [-0.3, -0.25) is 4.98 Å². The Bertz CT molecular complexity index is 477. The van der Waals surface area contributed by atoms with Crippen molar-refractivity contribution in [2.75, 3.05) is 0 Å². The molecule has 0 fully saturated rings. The number of allylic oxidation sites excluding steroid dienone is 1. The number of fused-ring (bicyclic) bond motifs is 1. The van der Waals surface area contributed by atoms with Gasteiger partial charge in [0.25, 0.3) is 0 Å². The van der Waals surface area contributed by atoms with E-state index in [2.05, 4.69) is 11.6 Å². The van der Waals surface area contributed by atoms with E-state index in [1.165, 1.54) is 0 Å². The predicted octanol–water partition coefficient (Wildman–Crippen LogP) is 2.67. The number of hydrogen-bond donors (Lipinski definition) is 1. The van der Waals surface area contributed by atoms with E-state index in [9.17, 15) is 5.11 Å². The highest BCUT2D eigenvalue weighted by molar-refractivity contribution is 5.81. The minimum absolute atomic E-state index is 0.311. The molecule has 0 aliphatic heterocycles. The number of rotatable bonds is 2. The van der Waals surface area contributed by atoms with Crippen LogP contribution in [0.15, 0.2) is 43.1 Å². The molecule has 1 N–H and O–H groups in total. The molecule has 0 spiro atoms. The number of phenolic OH excluding ortho intramolecular Hbond substituents is 1. The van der Waals surface area contributed by atoms with Gasteiger partial charge in [0, 0.05) is 11.6 Å². The van der Waals surface area contributed by atoms with Crippen molar-refractivity contribution in [2.45, 2.75) is 6.42 Å². The Morgan fingerprint density at radius 2 is 2.29 bits per heavy atom. The van der Waals surface area contributed by atoms with E-state index in [1.54, 1.807) is 18.3 Å². The van der Waals surface area contributed by atoms with Gasteiger partial charge in [0.2, 0.25) is 0 Å². The Morgan fingerprint density at radius 1 is 1.43 bits per heavy atom. The molecular formula is C12H11NO. The molecule has 0 amide bonds. The lowest BCUT2D eigenvalue weighted by atomic mass is 10.1.